The third kappa shape index (κ3) is 5.67. The predicted molar refractivity (Wildman–Crippen MR) is 48.6 cm³/mol. The van der Waals surface area contributed by atoms with Crippen molar-refractivity contribution < 1.29 is 4.79 Å². The highest BCUT2D eigenvalue weighted by atomic mass is 16.1. The number of rotatable bonds is 5. The number of ketones is 1. The number of carbonyl (C=O) groups is 1. The van der Waals surface area contributed by atoms with E-state index in [-0.39, 0.29) is 17.8 Å². The van der Waals surface area contributed by atoms with Crippen LogP contribution in [-0.2, 0) is 4.79 Å². The molecular formula is C7H16N4O. The molecule has 0 aliphatic heterocycles. The van der Waals surface area contributed by atoms with Crippen LogP contribution in [0.3, 0.4) is 0 Å². The fourth-order valence-electron chi connectivity index (χ4n) is 0.723. The van der Waals surface area contributed by atoms with Crippen molar-refractivity contribution in [1.82, 2.24) is 0 Å². The van der Waals surface area contributed by atoms with E-state index in [2.05, 4.69) is 4.99 Å². The summed E-state index contributed by atoms with van der Waals surface area (Å²) < 4.78 is 0. The first kappa shape index (κ1) is 10.9. The maximum absolute atomic E-state index is 10.7. The van der Waals surface area contributed by atoms with Crippen LogP contribution in [0, 0.1) is 0 Å². The van der Waals surface area contributed by atoms with E-state index in [0.29, 0.717) is 13.0 Å². The van der Waals surface area contributed by atoms with Gasteiger partial charge in [0.05, 0.1) is 6.04 Å². The second kappa shape index (κ2) is 5.54. The van der Waals surface area contributed by atoms with Gasteiger partial charge in [0.1, 0.15) is 5.78 Å². The lowest BCUT2D eigenvalue weighted by molar-refractivity contribution is -0.118. The van der Waals surface area contributed by atoms with Crippen LogP contribution in [0.1, 0.15) is 19.8 Å². The first-order valence-corrected chi connectivity index (χ1v) is 3.85. The van der Waals surface area contributed by atoms with Crippen molar-refractivity contribution in [3.8, 4) is 0 Å². The van der Waals surface area contributed by atoms with Crippen LogP contribution in [0.5, 0.6) is 0 Å². The summed E-state index contributed by atoms with van der Waals surface area (Å²) in [6.07, 6.45) is 1.37. The van der Waals surface area contributed by atoms with Gasteiger partial charge in [-0.25, -0.2) is 0 Å². The summed E-state index contributed by atoms with van der Waals surface area (Å²) in [7, 11) is 0. The van der Waals surface area contributed by atoms with E-state index in [1.165, 1.54) is 6.92 Å². The Morgan fingerprint density at radius 2 is 2.08 bits per heavy atom. The van der Waals surface area contributed by atoms with Gasteiger partial charge >= 0.3 is 0 Å². The van der Waals surface area contributed by atoms with E-state index in [1.54, 1.807) is 0 Å². The highest BCUT2D eigenvalue weighted by molar-refractivity contribution is 5.81. The van der Waals surface area contributed by atoms with Gasteiger partial charge in [0, 0.05) is 6.54 Å². The molecule has 0 aliphatic rings. The van der Waals surface area contributed by atoms with Crippen molar-refractivity contribution >= 4 is 11.7 Å². The fraction of sp³-hybridized carbons (Fsp3) is 0.714. The molecule has 0 fully saturated rings. The summed E-state index contributed by atoms with van der Waals surface area (Å²) in [5.41, 5.74) is 15.7. The van der Waals surface area contributed by atoms with Crippen molar-refractivity contribution in [2.45, 2.75) is 25.8 Å². The summed E-state index contributed by atoms with van der Waals surface area (Å²) in [6.45, 7) is 2.01. The first-order valence-electron chi connectivity index (χ1n) is 3.85. The summed E-state index contributed by atoms with van der Waals surface area (Å²) in [6, 6.07) is -0.376. The van der Waals surface area contributed by atoms with Crippen molar-refractivity contribution in [3.63, 3.8) is 0 Å². The maximum Gasteiger partial charge on any atom is 0.185 e. The molecule has 0 radical (unpaired) electrons. The van der Waals surface area contributed by atoms with Crippen LogP contribution in [0.15, 0.2) is 4.99 Å². The van der Waals surface area contributed by atoms with Crippen LogP contribution >= 0.6 is 0 Å². The van der Waals surface area contributed by atoms with E-state index in [9.17, 15) is 4.79 Å². The lowest BCUT2D eigenvalue weighted by Gasteiger charge is -2.04. The standard InChI is InChI=1S/C7H16N4O/c1-5(12)6(8)3-2-4-11-7(9)10/h6H,2-4,8H2,1H3,(H4,9,10,11)/t6-/m1/s1. The second-order valence-electron chi connectivity index (χ2n) is 2.67. The number of hydrogen-bond donors (Lipinski definition) is 3. The van der Waals surface area contributed by atoms with Crippen molar-refractivity contribution in [2.75, 3.05) is 6.54 Å². The molecule has 0 amide bonds. The monoisotopic (exact) mass is 172 g/mol. The van der Waals surface area contributed by atoms with Crippen molar-refractivity contribution in [3.05, 3.63) is 0 Å². The summed E-state index contributed by atoms with van der Waals surface area (Å²) in [5, 5.41) is 0. The Labute approximate surface area is 72.0 Å². The molecule has 0 unspecified atom stereocenters. The van der Waals surface area contributed by atoms with Crippen LogP contribution < -0.4 is 17.2 Å². The quantitative estimate of drug-likeness (QED) is 0.279. The number of guanidine groups is 1. The van der Waals surface area contributed by atoms with Gasteiger partial charge in [-0.3, -0.25) is 9.79 Å². The Morgan fingerprint density at radius 3 is 2.50 bits per heavy atom. The molecule has 0 saturated carbocycles. The highest BCUT2D eigenvalue weighted by Gasteiger charge is 2.05. The highest BCUT2D eigenvalue weighted by Crippen LogP contribution is 1.95. The maximum atomic E-state index is 10.7. The van der Waals surface area contributed by atoms with E-state index >= 15 is 0 Å². The summed E-state index contributed by atoms with van der Waals surface area (Å²) in [5.74, 6) is 0.0751. The minimum atomic E-state index is -0.376. The molecule has 0 aliphatic carbocycles. The summed E-state index contributed by atoms with van der Waals surface area (Å²) in [4.78, 5) is 14.4. The van der Waals surface area contributed by atoms with Gasteiger partial charge in [0.25, 0.3) is 0 Å². The molecule has 0 aromatic rings. The third-order valence-corrected chi connectivity index (χ3v) is 1.49. The minimum Gasteiger partial charge on any atom is -0.370 e. The molecule has 0 rings (SSSR count). The largest absolute Gasteiger partial charge is 0.370 e. The zero-order valence-corrected chi connectivity index (χ0v) is 7.29. The molecule has 0 bridgehead atoms. The molecule has 70 valence electrons. The van der Waals surface area contributed by atoms with Crippen LogP contribution in [0.4, 0.5) is 0 Å². The van der Waals surface area contributed by atoms with E-state index in [0.717, 1.165) is 6.42 Å². The van der Waals surface area contributed by atoms with Crippen molar-refractivity contribution in [1.29, 1.82) is 0 Å². The molecule has 0 saturated heterocycles. The van der Waals surface area contributed by atoms with Gasteiger partial charge in [0.15, 0.2) is 5.96 Å². The van der Waals surface area contributed by atoms with E-state index in [4.69, 9.17) is 17.2 Å². The number of nitrogens with two attached hydrogens (primary N) is 3. The zero-order valence-electron chi connectivity index (χ0n) is 7.29. The van der Waals surface area contributed by atoms with Gasteiger partial charge < -0.3 is 17.2 Å². The Kier molecular flexibility index (Phi) is 5.03. The lowest BCUT2D eigenvalue weighted by atomic mass is 10.1. The van der Waals surface area contributed by atoms with E-state index in [1.807, 2.05) is 0 Å². The number of hydrogen-bond acceptors (Lipinski definition) is 3. The van der Waals surface area contributed by atoms with E-state index < -0.39 is 0 Å². The number of aliphatic imine (C=N–C) groups is 1. The van der Waals surface area contributed by atoms with Gasteiger partial charge in [-0.1, -0.05) is 0 Å². The topological polar surface area (TPSA) is 107 Å². The molecule has 0 aromatic carbocycles. The third-order valence-electron chi connectivity index (χ3n) is 1.49. The molecule has 5 nitrogen and oxygen atoms in total. The number of Topliss-reactive ketones (excluding diaryl/α,β-unsaturated/α-hetero) is 1. The average molecular weight is 172 g/mol. The number of nitrogens with zero attached hydrogens (tertiary/aromatic N) is 1. The summed E-state index contributed by atoms with van der Waals surface area (Å²) >= 11 is 0. The molecule has 1 atom stereocenters. The first-order chi connectivity index (χ1) is 5.54. The smallest absolute Gasteiger partial charge is 0.185 e. The minimum absolute atomic E-state index is 0.000278. The normalized spacial score (nSPS) is 12.2. The Hall–Kier alpha value is -1.10. The van der Waals surface area contributed by atoms with Crippen LogP contribution in [0.25, 0.3) is 0 Å². The molecule has 0 spiro atoms. The average Bonchev–Trinajstić information content (AvgIpc) is 1.97. The Balaban J connectivity index is 3.44. The molecular weight excluding hydrogens is 156 g/mol. The molecule has 5 heteroatoms. The fourth-order valence-corrected chi connectivity index (χ4v) is 0.723. The van der Waals surface area contributed by atoms with Crippen LogP contribution in [-0.4, -0.2) is 24.3 Å². The molecule has 6 N–H and O–H groups in total. The van der Waals surface area contributed by atoms with Gasteiger partial charge in [-0.2, -0.15) is 0 Å². The number of carbonyl (C=O) groups excluding carboxylic acids is 1. The lowest BCUT2D eigenvalue weighted by Crippen LogP contribution is -2.28. The predicted octanol–water partition coefficient (Wildman–Crippen LogP) is -1.04. The molecule has 0 aromatic heterocycles. The second-order valence-corrected chi connectivity index (χ2v) is 2.67. The zero-order chi connectivity index (χ0) is 9.56. The Morgan fingerprint density at radius 1 is 1.50 bits per heavy atom. The molecule has 12 heavy (non-hydrogen) atoms. The van der Waals surface area contributed by atoms with Crippen molar-refractivity contribution in [2.24, 2.45) is 22.2 Å². The van der Waals surface area contributed by atoms with Crippen LogP contribution in [0.2, 0.25) is 0 Å². The Bertz CT molecular complexity index is 174. The molecule has 0 heterocycles. The van der Waals surface area contributed by atoms with Gasteiger partial charge in [0.2, 0.25) is 0 Å². The van der Waals surface area contributed by atoms with Gasteiger partial charge in [-0.15, -0.1) is 0 Å². The SMILES string of the molecule is CC(=O)[C@H](N)CCCN=C(N)N. The van der Waals surface area contributed by atoms with Gasteiger partial charge in [-0.05, 0) is 19.8 Å².